The number of nitrogen functional groups attached to an aromatic ring is 1. The average molecular weight is 413 g/mol. The number of hydrogen-bond acceptors (Lipinski definition) is 4. The van der Waals surface area contributed by atoms with Gasteiger partial charge in [-0.05, 0) is 55.8 Å². The van der Waals surface area contributed by atoms with Gasteiger partial charge in [0.25, 0.3) is 0 Å². The van der Waals surface area contributed by atoms with Crippen LogP contribution < -0.4 is 5.73 Å². The average Bonchev–Trinajstić information content (AvgIpc) is 3.03. The van der Waals surface area contributed by atoms with E-state index in [-0.39, 0.29) is 17.3 Å². The van der Waals surface area contributed by atoms with Gasteiger partial charge in [0, 0.05) is 30.9 Å². The Balaban J connectivity index is 1.63. The zero-order valence-electron chi connectivity index (χ0n) is 17.1. The largest absolute Gasteiger partial charge is 0.449 e. The van der Waals surface area contributed by atoms with E-state index in [9.17, 15) is 18.0 Å². The topological polar surface area (TPSA) is 58.8 Å². The molecular formula is C21H30F3N3O2. The maximum absolute atomic E-state index is 12.9. The van der Waals surface area contributed by atoms with E-state index in [0.717, 1.165) is 49.9 Å². The molecule has 0 saturated carbocycles. The van der Waals surface area contributed by atoms with E-state index in [0.29, 0.717) is 32.2 Å². The summed E-state index contributed by atoms with van der Waals surface area (Å²) in [5, 5.41) is 0. The highest BCUT2D eigenvalue weighted by molar-refractivity contribution is 5.67. The van der Waals surface area contributed by atoms with Gasteiger partial charge in [0.15, 0.2) is 0 Å². The second kappa shape index (κ2) is 8.42. The lowest BCUT2D eigenvalue weighted by molar-refractivity contribution is -0.137. The fraction of sp³-hybridized carbons (Fsp3) is 0.667. The highest BCUT2D eigenvalue weighted by Gasteiger charge is 2.44. The molecule has 0 unspecified atom stereocenters. The van der Waals surface area contributed by atoms with Gasteiger partial charge in [0.2, 0.25) is 0 Å². The molecule has 2 heterocycles. The molecular weight excluding hydrogens is 383 g/mol. The van der Waals surface area contributed by atoms with Crippen molar-refractivity contribution in [3.05, 3.63) is 29.3 Å². The molecule has 1 amide bonds. The number of carbonyl (C=O) groups is 1. The van der Waals surface area contributed by atoms with Gasteiger partial charge < -0.3 is 15.4 Å². The predicted octanol–water partition coefficient (Wildman–Crippen LogP) is 4.51. The van der Waals surface area contributed by atoms with Crippen molar-refractivity contribution in [1.82, 2.24) is 9.80 Å². The Bertz CT molecular complexity index is 728. The van der Waals surface area contributed by atoms with Crippen LogP contribution in [0, 0.1) is 5.92 Å². The Kier molecular flexibility index (Phi) is 6.31. The molecule has 3 rings (SSSR count). The number of likely N-dealkylation sites (tertiary alicyclic amines) is 2. The Labute approximate surface area is 170 Å². The van der Waals surface area contributed by atoms with Gasteiger partial charge in [-0.3, -0.25) is 4.90 Å². The van der Waals surface area contributed by atoms with Crippen molar-refractivity contribution in [3.8, 4) is 0 Å². The van der Waals surface area contributed by atoms with E-state index < -0.39 is 11.7 Å². The summed E-state index contributed by atoms with van der Waals surface area (Å²) < 4.78 is 44.0. The number of carbonyl (C=O) groups excluding carboxylic acids is 1. The lowest BCUT2D eigenvalue weighted by Crippen LogP contribution is -2.53. The van der Waals surface area contributed by atoms with Crippen molar-refractivity contribution in [2.45, 2.75) is 57.8 Å². The molecule has 0 bridgehead atoms. The molecule has 2 saturated heterocycles. The number of alkyl halides is 3. The van der Waals surface area contributed by atoms with Gasteiger partial charge in [0.1, 0.15) is 0 Å². The van der Waals surface area contributed by atoms with E-state index in [1.807, 2.05) is 13.8 Å². The van der Waals surface area contributed by atoms with Crippen LogP contribution >= 0.6 is 0 Å². The van der Waals surface area contributed by atoms with Crippen molar-refractivity contribution < 1.29 is 22.7 Å². The molecule has 29 heavy (non-hydrogen) atoms. The Morgan fingerprint density at radius 3 is 2.48 bits per heavy atom. The predicted molar refractivity (Wildman–Crippen MR) is 105 cm³/mol. The van der Waals surface area contributed by atoms with Crippen molar-refractivity contribution in [2.75, 3.05) is 32.0 Å². The summed E-state index contributed by atoms with van der Waals surface area (Å²) in [5.41, 5.74) is 6.09. The summed E-state index contributed by atoms with van der Waals surface area (Å²) in [5.74, 6) is 0.301. The second-order valence-corrected chi connectivity index (χ2v) is 8.62. The molecule has 2 N–H and O–H groups in total. The van der Waals surface area contributed by atoms with Crippen LogP contribution in [0.3, 0.4) is 0 Å². The van der Waals surface area contributed by atoms with Crippen LogP contribution in [0.4, 0.5) is 23.7 Å². The van der Waals surface area contributed by atoms with Crippen molar-refractivity contribution in [2.24, 2.45) is 5.92 Å². The molecule has 1 spiro atoms. The van der Waals surface area contributed by atoms with Crippen molar-refractivity contribution >= 4 is 11.8 Å². The molecule has 0 aliphatic carbocycles. The number of piperidine rings is 1. The molecule has 0 atom stereocenters. The third kappa shape index (κ3) is 4.97. The molecule has 8 heteroatoms. The molecule has 1 aromatic rings. The standard InChI is InChI=1S/C21H30F3N3O2/c1-15(2)14-29-19(28)26-10-7-20(8-11-26)6-3-9-27(20)13-16-4-5-17(12-18(16)25)21(22,23)24/h4-5,12,15H,3,6-11,13-14,25H2,1-2H3. The van der Waals surface area contributed by atoms with E-state index in [2.05, 4.69) is 4.90 Å². The van der Waals surface area contributed by atoms with Crippen LogP contribution in [0.15, 0.2) is 18.2 Å². The third-order valence-corrected chi connectivity index (χ3v) is 6.07. The number of benzene rings is 1. The highest BCUT2D eigenvalue weighted by Crippen LogP contribution is 2.40. The molecule has 0 aromatic heterocycles. The monoisotopic (exact) mass is 413 g/mol. The minimum atomic E-state index is -4.39. The first-order chi connectivity index (χ1) is 13.6. The van der Waals surface area contributed by atoms with Gasteiger partial charge in [-0.1, -0.05) is 19.9 Å². The molecule has 1 aromatic carbocycles. The first-order valence-corrected chi connectivity index (χ1v) is 10.2. The van der Waals surface area contributed by atoms with Crippen LogP contribution in [0.1, 0.15) is 50.7 Å². The van der Waals surface area contributed by atoms with Crippen molar-refractivity contribution in [3.63, 3.8) is 0 Å². The van der Waals surface area contributed by atoms with E-state index in [4.69, 9.17) is 10.5 Å². The lowest BCUT2D eigenvalue weighted by atomic mass is 9.84. The summed E-state index contributed by atoms with van der Waals surface area (Å²) >= 11 is 0. The lowest BCUT2D eigenvalue weighted by Gasteiger charge is -2.45. The summed E-state index contributed by atoms with van der Waals surface area (Å²) in [6.07, 6.45) is -0.904. The van der Waals surface area contributed by atoms with Crippen LogP contribution in [0.25, 0.3) is 0 Å². The first-order valence-electron chi connectivity index (χ1n) is 10.2. The van der Waals surface area contributed by atoms with Gasteiger partial charge in [-0.15, -0.1) is 0 Å². The van der Waals surface area contributed by atoms with Crippen LogP contribution in [0.2, 0.25) is 0 Å². The maximum Gasteiger partial charge on any atom is 0.416 e. The minimum absolute atomic E-state index is 0.0238. The Morgan fingerprint density at radius 1 is 1.21 bits per heavy atom. The number of anilines is 1. The highest BCUT2D eigenvalue weighted by atomic mass is 19.4. The molecule has 2 fully saturated rings. The van der Waals surface area contributed by atoms with E-state index in [1.54, 1.807) is 4.90 Å². The SMILES string of the molecule is CC(C)COC(=O)N1CCC2(CCCN2Cc2ccc(C(F)(F)F)cc2N)CC1. The van der Waals surface area contributed by atoms with Gasteiger partial charge in [-0.25, -0.2) is 4.79 Å². The van der Waals surface area contributed by atoms with E-state index in [1.165, 1.54) is 6.07 Å². The third-order valence-electron chi connectivity index (χ3n) is 6.07. The zero-order chi connectivity index (χ0) is 21.2. The summed E-state index contributed by atoms with van der Waals surface area (Å²) in [7, 11) is 0. The van der Waals surface area contributed by atoms with Crippen LogP contribution in [-0.2, 0) is 17.5 Å². The fourth-order valence-electron chi connectivity index (χ4n) is 4.36. The molecule has 2 aliphatic rings. The Hall–Kier alpha value is -1.96. The van der Waals surface area contributed by atoms with Gasteiger partial charge in [-0.2, -0.15) is 13.2 Å². The first kappa shape index (κ1) is 21.7. The zero-order valence-corrected chi connectivity index (χ0v) is 17.1. The normalized spacial score (nSPS) is 19.9. The van der Waals surface area contributed by atoms with Gasteiger partial charge in [0.05, 0.1) is 12.2 Å². The summed E-state index contributed by atoms with van der Waals surface area (Å²) in [4.78, 5) is 16.3. The number of amides is 1. The summed E-state index contributed by atoms with van der Waals surface area (Å²) in [6, 6.07) is 3.61. The number of hydrogen-bond donors (Lipinski definition) is 1. The summed E-state index contributed by atoms with van der Waals surface area (Å²) in [6.45, 7) is 7.11. The number of halogens is 3. The number of nitrogens with zero attached hydrogens (tertiary/aromatic N) is 2. The van der Waals surface area contributed by atoms with E-state index >= 15 is 0 Å². The fourth-order valence-corrected chi connectivity index (χ4v) is 4.36. The smallest absolute Gasteiger partial charge is 0.416 e. The number of ether oxygens (including phenoxy) is 1. The molecule has 2 aliphatic heterocycles. The Morgan fingerprint density at radius 2 is 1.90 bits per heavy atom. The number of rotatable bonds is 4. The van der Waals surface area contributed by atoms with Crippen LogP contribution in [0.5, 0.6) is 0 Å². The molecule has 0 radical (unpaired) electrons. The quantitative estimate of drug-likeness (QED) is 0.738. The molecule has 162 valence electrons. The molecule has 5 nitrogen and oxygen atoms in total. The van der Waals surface area contributed by atoms with Gasteiger partial charge >= 0.3 is 12.3 Å². The van der Waals surface area contributed by atoms with Crippen LogP contribution in [-0.4, -0.2) is 47.7 Å². The minimum Gasteiger partial charge on any atom is -0.449 e. The van der Waals surface area contributed by atoms with Crippen molar-refractivity contribution in [1.29, 1.82) is 0 Å². The number of nitrogens with two attached hydrogens (primary N) is 1. The maximum atomic E-state index is 12.9. The second-order valence-electron chi connectivity index (χ2n) is 8.62.